The number of aromatic nitrogens is 2. The summed E-state index contributed by atoms with van der Waals surface area (Å²) < 4.78 is 4.98. The van der Waals surface area contributed by atoms with Crippen LogP contribution < -0.4 is 15.6 Å². The summed E-state index contributed by atoms with van der Waals surface area (Å²) in [5, 5.41) is 7.09. The van der Waals surface area contributed by atoms with Gasteiger partial charge in [0.05, 0.1) is 13.4 Å². The number of hydrogen-bond donors (Lipinski definition) is 2. The number of thiophene rings is 1. The van der Waals surface area contributed by atoms with Crippen LogP contribution in [0.3, 0.4) is 0 Å². The molecule has 0 radical (unpaired) electrons. The third-order valence-corrected chi connectivity index (χ3v) is 2.79. The maximum absolute atomic E-state index is 11.4. The van der Waals surface area contributed by atoms with E-state index >= 15 is 0 Å². The molecule has 0 saturated heterocycles. The highest BCUT2D eigenvalue weighted by Crippen LogP contribution is 2.16. The van der Waals surface area contributed by atoms with E-state index in [9.17, 15) is 4.79 Å². The summed E-state index contributed by atoms with van der Waals surface area (Å²) in [5.41, 5.74) is 0.861. The van der Waals surface area contributed by atoms with E-state index in [1.165, 1.54) is 13.4 Å². The molecule has 0 saturated carbocycles. The minimum Gasteiger partial charge on any atom is -0.489 e. The highest BCUT2D eigenvalue weighted by Gasteiger charge is 2.07. The number of H-pyrrole nitrogens is 1. The number of nitrogens with zero attached hydrogens (tertiary/aromatic N) is 1. The molecule has 0 aliphatic carbocycles. The minimum absolute atomic E-state index is 0.206. The van der Waals surface area contributed by atoms with E-state index in [1.807, 2.05) is 16.8 Å². The maximum atomic E-state index is 11.4. The van der Waals surface area contributed by atoms with Gasteiger partial charge in [-0.25, -0.2) is 4.98 Å². The Hall–Kier alpha value is -1.82. The number of aromatic amines is 1. The predicted molar refractivity (Wildman–Crippen MR) is 63.1 cm³/mol. The van der Waals surface area contributed by atoms with Gasteiger partial charge in [-0.3, -0.25) is 4.79 Å². The topological polar surface area (TPSA) is 67.0 Å². The van der Waals surface area contributed by atoms with Crippen molar-refractivity contribution in [2.24, 2.45) is 0 Å². The van der Waals surface area contributed by atoms with E-state index in [0.29, 0.717) is 12.4 Å². The lowest BCUT2D eigenvalue weighted by Crippen LogP contribution is -2.13. The third kappa shape index (κ3) is 2.22. The number of rotatable bonds is 4. The molecule has 2 heterocycles. The zero-order chi connectivity index (χ0) is 11.4. The van der Waals surface area contributed by atoms with Crippen LogP contribution in [0.5, 0.6) is 5.75 Å². The molecule has 2 rings (SSSR count). The van der Waals surface area contributed by atoms with Crippen LogP contribution >= 0.6 is 11.3 Å². The van der Waals surface area contributed by atoms with Crippen LogP contribution in [-0.4, -0.2) is 17.1 Å². The highest BCUT2D eigenvalue weighted by molar-refractivity contribution is 7.07. The monoisotopic (exact) mass is 237 g/mol. The quantitative estimate of drug-likeness (QED) is 0.844. The predicted octanol–water partition coefficient (Wildman–Crippen LogP) is 1.45. The maximum Gasteiger partial charge on any atom is 0.295 e. The highest BCUT2D eigenvalue weighted by atomic mass is 32.1. The Morgan fingerprint density at radius 3 is 3.19 bits per heavy atom. The fourth-order valence-electron chi connectivity index (χ4n) is 1.28. The van der Waals surface area contributed by atoms with Crippen LogP contribution in [0.4, 0.5) is 5.82 Å². The van der Waals surface area contributed by atoms with Crippen molar-refractivity contribution in [3.05, 3.63) is 39.1 Å². The van der Waals surface area contributed by atoms with Gasteiger partial charge in [0.2, 0.25) is 5.75 Å². The van der Waals surface area contributed by atoms with Gasteiger partial charge in [0.25, 0.3) is 5.56 Å². The molecule has 16 heavy (non-hydrogen) atoms. The Morgan fingerprint density at radius 2 is 2.50 bits per heavy atom. The summed E-state index contributed by atoms with van der Waals surface area (Å²) in [7, 11) is 1.45. The Bertz CT molecular complexity index is 507. The number of methoxy groups -OCH3 is 1. The Morgan fingerprint density at radius 1 is 1.62 bits per heavy atom. The third-order valence-electron chi connectivity index (χ3n) is 2.05. The lowest BCUT2D eigenvalue weighted by Gasteiger charge is -2.07. The molecular formula is C10H11N3O2S. The average Bonchev–Trinajstić information content (AvgIpc) is 2.79. The van der Waals surface area contributed by atoms with Gasteiger partial charge in [0, 0.05) is 6.54 Å². The molecule has 6 heteroatoms. The summed E-state index contributed by atoms with van der Waals surface area (Å²) in [6, 6.07) is 2.01. The van der Waals surface area contributed by atoms with Gasteiger partial charge in [-0.2, -0.15) is 11.3 Å². The van der Waals surface area contributed by atoms with E-state index in [4.69, 9.17) is 4.74 Å². The second-order valence-electron chi connectivity index (χ2n) is 3.10. The van der Waals surface area contributed by atoms with Crippen molar-refractivity contribution in [2.45, 2.75) is 6.54 Å². The molecule has 0 spiro atoms. The van der Waals surface area contributed by atoms with Crippen LogP contribution in [0.2, 0.25) is 0 Å². The molecule has 0 bridgehead atoms. The van der Waals surface area contributed by atoms with Crippen LogP contribution in [-0.2, 0) is 6.54 Å². The van der Waals surface area contributed by atoms with Gasteiger partial charge in [-0.15, -0.1) is 0 Å². The molecule has 0 aliphatic rings. The standard InChI is InChI=1S/C10H11N3O2S/c1-15-8-9(12-6-13-10(8)14)11-4-7-2-3-16-5-7/h2-3,5-6H,4H2,1H3,(H2,11,12,13,14). The van der Waals surface area contributed by atoms with E-state index in [0.717, 1.165) is 5.56 Å². The first kappa shape index (κ1) is 10.7. The molecule has 0 aromatic carbocycles. The minimum atomic E-state index is -0.287. The van der Waals surface area contributed by atoms with Crippen molar-refractivity contribution in [1.82, 2.24) is 9.97 Å². The molecule has 2 N–H and O–H groups in total. The van der Waals surface area contributed by atoms with E-state index in [-0.39, 0.29) is 11.3 Å². The SMILES string of the molecule is COc1c(NCc2ccsc2)nc[nH]c1=O. The summed E-state index contributed by atoms with van der Waals surface area (Å²) in [5.74, 6) is 0.662. The first-order valence-corrected chi connectivity index (χ1v) is 5.62. The van der Waals surface area contributed by atoms with E-state index in [1.54, 1.807) is 11.3 Å². The van der Waals surface area contributed by atoms with Crippen LogP contribution in [0.1, 0.15) is 5.56 Å². The van der Waals surface area contributed by atoms with Crippen LogP contribution in [0.25, 0.3) is 0 Å². The van der Waals surface area contributed by atoms with Crippen LogP contribution in [0.15, 0.2) is 27.9 Å². The summed E-state index contributed by atoms with van der Waals surface area (Å²) in [4.78, 5) is 17.9. The molecule has 0 amide bonds. The van der Waals surface area contributed by atoms with Gasteiger partial charge in [0.1, 0.15) is 0 Å². The zero-order valence-electron chi connectivity index (χ0n) is 8.69. The Kier molecular flexibility index (Phi) is 3.21. The first-order chi connectivity index (χ1) is 7.81. The molecule has 5 nitrogen and oxygen atoms in total. The fourth-order valence-corrected chi connectivity index (χ4v) is 1.95. The van der Waals surface area contributed by atoms with Gasteiger partial charge in [-0.1, -0.05) is 0 Å². The van der Waals surface area contributed by atoms with Gasteiger partial charge in [-0.05, 0) is 22.4 Å². The lowest BCUT2D eigenvalue weighted by atomic mass is 10.3. The normalized spacial score (nSPS) is 10.1. The summed E-state index contributed by atoms with van der Waals surface area (Å²) in [6.45, 7) is 0.621. The first-order valence-electron chi connectivity index (χ1n) is 4.68. The average molecular weight is 237 g/mol. The smallest absolute Gasteiger partial charge is 0.295 e. The van der Waals surface area contributed by atoms with Crippen molar-refractivity contribution in [2.75, 3.05) is 12.4 Å². The molecule has 0 unspecified atom stereocenters. The lowest BCUT2D eigenvalue weighted by molar-refractivity contribution is 0.408. The zero-order valence-corrected chi connectivity index (χ0v) is 9.50. The summed E-state index contributed by atoms with van der Waals surface area (Å²) >= 11 is 1.63. The second-order valence-corrected chi connectivity index (χ2v) is 3.88. The molecule has 0 aliphatic heterocycles. The molecule has 84 valence electrons. The molecule has 2 aromatic heterocycles. The summed E-state index contributed by atoms with van der Waals surface area (Å²) in [6.07, 6.45) is 1.35. The van der Waals surface area contributed by atoms with Crippen molar-refractivity contribution in [3.63, 3.8) is 0 Å². The van der Waals surface area contributed by atoms with Gasteiger partial charge >= 0.3 is 0 Å². The largest absolute Gasteiger partial charge is 0.489 e. The fraction of sp³-hybridized carbons (Fsp3) is 0.200. The van der Waals surface area contributed by atoms with E-state index < -0.39 is 0 Å². The van der Waals surface area contributed by atoms with Gasteiger partial charge < -0.3 is 15.0 Å². The molecule has 2 aromatic rings. The number of anilines is 1. The number of hydrogen-bond acceptors (Lipinski definition) is 5. The van der Waals surface area contributed by atoms with Crippen molar-refractivity contribution < 1.29 is 4.74 Å². The molecular weight excluding hydrogens is 226 g/mol. The second kappa shape index (κ2) is 4.80. The number of ether oxygens (including phenoxy) is 1. The van der Waals surface area contributed by atoms with Crippen molar-refractivity contribution in [3.8, 4) is 5.75 Å². The molecule has 0 atom stereocenters. The van der Waals surface area contributed by atoms with Crippen molar-refractivity contribution in [1.29, 1.82) is 0 Å². The number of nitrogens with one attached hydrogen (secondary N) is 2. The van der Waals surface area contributed by atoms with Crippen molar-refractivity contribution >= 4 is 17.2 Å². The Labute approximate surface area is 96.1 Å². The van der Waals surface area contributed by atoms with Crippen LogP contribution in [0, 0.1) is 0 Å². The van der Waals surface area contributed by atoms with Gasteiger partial charge in [0.15, 0.2) is 5.82 Å². The van der Waals surface area contributed by atoms with E-state index in [2.05, 4.69) is 15.3 Å². The Balaban J connectivity index is 2.15. The molecule has 0 fully saturated rings.